The van der Waals surface area contributed by atoms with Gasteiger partial charge in [-0.2, -0.15) is 0 Å². The molecule has 0 spiro atoms. The molecule has 1 nitrogen and oxygen atoms in total. The molecule has 3 saturated carbocycles. The fraction of sp³-hybridized carbons (Fsp3) is 1.00. The van der Waals surface area contributed by atoms with Crippen molar-refractivity contribution in [1.82, 2.24) is 0 Å². The van der Waals surface area contributed by atoms with Crippen molar-refractivity contribution in [3.05, 3.63) is 0 Å². The number of aliphatic hydroxyl groups excluding tert-OH is 1. The van der Waals surface area contributed by atoms with Gasteiger partial charge in [0, 0.05) is 6.61 Å². The lowest BCUT2D eigenvalue weighted by Gasteiger charge is -2.24. The Hall–Kier alpha value is -0.0400. The van der Waals surface area contributed by atoms with E-state index in [9.17, 15) is 0 Å². The average Bonchev–Trinajstić information content (AvgIpc) is 2.71. The monoisotopic (exact) mass is 138 g/mol. The third-order valence-corrected chi connectivity index (χ3v) is 4.07. The van der Waals surface area contributed by atoms with Crippen molar-refractivity contribution in [3.8, 4) is 0 Å². The minimum atomic E-state index is 0.409. The first-order chi connectivity index (χ1) is 4.88. The quantitative estimate of drug-likeness (QED) is 0.625. The molecule has 4 unspecified atom stereocenters. The Balaban J connectivity index is 1.63. The lowest BCUT2D eigenvalue weighted by atomic mass is 9.81. The van der Waals surface area contributed by atoms with Gasteiger partial charge < -0.3 is 5.11 Å². The van der Waals surface area contributed by atoms with E-state index in [1.807, 2.05) is 0 Å². The van der Waals surface area contributed by atoms with Crippen LogP contribution in [0.25, 0.3) is 0 Å². The van der Waals surface area contributed by atoms with Crippen molar-refractivity contribution in [3.63, 3.8) is 0 Å². The summed E-state index contributed by atoms with van der Waals surface area (Å²) >= 11 is 0. The first kappa shape index (κ1) is 5.59. The Labute approximate surface area is 61.4 Å². The van der Waals surface area contributed by atoms with Crippen LogP contribution >= 0.6 is 0 Å². The highest BCUT2D eigenvalue weighted by Crippen LogP contribution is 2.86. The molecule has 3 aliphatic rings. The molecule has 4 atom stereocenters. The fourth-order valence-corrected chi connectivity index (χ4v) is 3.44. The summed E-state index contributed by atoms with van der Waals surface area (Å²) in [6.45, 7) is 0.409. The van der Waals surface area contributed by atoms with E-state index >= 15 is 0 Å². The normalized spacial score (nSPS) is 60.3. The van der Waals surface area contributed by atoms with E-state index in [2.05, 4.69) is 0 Å². The Morgan fingerprint density at radius 3 is 2.80 bits per heavy atom. The summed E-state index contributed by atoms with van der Waals surface area (Å²) in [5.41, 5.74) is 0.813. The first-order valence-corrected chi connectivity index (χ1v) is 4.49. The molecule has 0 radical (unpaired) electrons. The Bertz CT molecular complexity index is 170. The number of hydrogen-bond acceptors (Lipinski definition) is 1. The summed E-state index contributed by atoms with van der Waals surface area (Å²) in [5, 5.41) is 8.67. The van der Waals surface area contributed by atoms with Gasteiger partial charge in [-0.15, -0.1) is 0 Å². The maximum atomic E-state index is 8.67. The second kappa shape index (κ2) is 1.42. The number of fused-ring (bicyclic) bond motifs is 4. The average molecular weight is 138 g/mol. The molecular weight excluding hydrogens is 124 g/mol. The highest BCUT2D eigenvalue weighted by molar-refractivity contribution is 5.28. The minimum Gasteiger partial charge on any atom is -0.396 e. The Morgan fingerprint density at radius 2 is 2.30 bits per heavy atom. The van der Waals surface area contributed by atoms with Crippen LogP contribution in [0.15, 0.2) is 0 Å². The van der Waals surface area contributed by atoms with Crippen molar-refractivity contribution in [2.24, 2.45) is 23.2 Å². The molecule has 0 aromatic carbocycles. The van der Waals surface area contributed by atoms with E-state index in [1.54, 1.807) is 0 Å². The summed E-state index contributed by atoms with van der Waals surface area (Å²) in [5.74, 6) is 3.42. The van der Waals surface area contributed by atoms with Crippen molar-refractivity contribution >= 4 is 0 Å². The third kappa shape index (κ3) is 0.430. The SMILES string of the molecule is OCCCC12CC1C1CC12. The van der Waals surface area contributed by atoms with Gasteiger partial charge in [-0.05, 0) is 48.9 Å². The van der Waals surface area contributed by atoms with Gasteiger partial charge in [-0.1, -0.05) is 0 Å². The maximum Gasteiger partial charge on any atom is 0.0431 e. The van der Waals surface area contributed by atoms with E-state index in [0.717, 1.165) is 23.7 Å². The molecule has 0 aromatic heterocycles. The molecule has 0 aromatic rings. The number of rotatable bonds is 3. The molecule has 1 heteroatoms. The first-order valence-electron chi connectivity index (χ1n) is 4.49. The molecule has 1 N–H and O–H groups in total. The van der Waals surface area contributed by atoms with E-state index in [4.69, 9.17) is 5.11 Å². The zero-order valence-corrected chi connectivity index (χ0v) is 6.21. The van der Waals surface area contributed by atoms with Crippen molar-refractivity contribution in [2.45, 2.75) is 25.7 Å². The minimum absolute atomic E-state index is 0.409. The van der Waals surface area contributed by atoms with Gasteiger partial charge >= 0.3 is 0 Å². The van der Waals surface area contributed by atoms with Gasteiger partial charge in [0.25, 0.3) is 0 Å². The molecule has 0 saturated heterocycles. The molecule has 10 heavy (non-hydrogen) atoms. The van der Waals surface area contributed by atoms with Crippen LogP contribution in [-0.4, -0.2) is 11.7 Å². The van der Waals surface area contributed by atoms with Gasteiger partial charge in [-0.3, -0.25) is 0 Å². The van der Waals surface area contributed by atoms with Crippen LogP contribution in [0.2, 0.25) is 0 Å². The van der Waals surface area contributed by atoms with Crippen LogP contribution in [0.5, 0.6) is 0 Å². The lowest BCUT2D eigenvalue weighted by Crippen LogP contribution is -2.18. The van der Waals surface area contributed by atoms with Gasteiger partial charge in [0.2, 0.25) is 0 Å². The number of aliphatic hydroxyl groups is 1. The maximum absolute atomic E-state index is 8.67. The number of hydrogen-bond donors (Lipinski definition) is 1. The largest absolute Gasteiger partial charge is 0.396 e. The molecule has 0 bridgehead atoms. The summed E-state index contributed by atoms with van der Waals surface area (Å²) in [6, 6.07) is 0. The van der Waals surface area contributed by atoms with Gasteiger partial charge in [0.1, 0.15) is 0 Å². The smallest absolute Gasteiger partial charge is 0.0431 e. The van der Waals surface area contributed by atoms with E-state index in [1.165, 1.54) is 25.2 Å². The van der Waals surface area contributed by atoms with Crippen molar-refractivity contribution in [2.75, 3.05) is 6.61 Å². The topological polar surface area (TPSA) is 20.2 Å². The van der Waals surface area contributed by atoms with Crippen LogP contribution in [0.3, 0.4) is 0 Å². The zero-order valence-electron chi connectivity index (χ0n) is 6.21. The predicted molar refractivity (Wildman–Crippen MR) is 38.5 cm³/mol. The summed E-state index contributed by atoms with van der Waals surface area (Å²) < 4.78 is 0. The molecule has 0 heterocycles. The van der Waals surface area contributed by atoms with E-state index < -0.39 is 0 Å². The molecular formula is C9H14O. The zero-order chi connectivity index (χ0) is 6.77. The highest BCUT2D eigenvalue weighted by atomic mass is 16.2. The van der Waals surface area contributed by atoms with Crippen LogP contribution in [-0.2, 0) is 0 Å². The van der Waals surface area contributed by atoms with Crippen LogP contribution in [0.1, 0.15) is 25.7 Å². The summed E-state index contributed by atoms with van der Waals surface area (Å²) in [6.07, 6.45) is 5.44. The predicted octanol–water partition coefficient (Wildman–Crippen LogP) is 1.41. The standard InChI is InChI=1S/C9H14O/c10-3-1-2-9-5-8(9)6-4-7(6)9/h6-8,10H,1-5H2. The van der Waals surface area contributed by atoms with E-state index in [-0.39, 0.29) is 0 Å². The Morgan fingerprint density at radius 1 is 1.40 bits per heavy atom. The van der Waals surface area contributed by atoms with Crippen molar-refractivity contribution < 1.29 is 5.11 Å². The molecule has 0 amide bonds. The molecule has 56 valence electrons. The molecule has 3 fully saturated rings. The Kier molecular flexibility index (Phi) is 0.797. The van der Waals surface area contributed by atoms with Crippen molar-refractivity contribution in [1.29, 1.82) is 0 Å². The molecule has 3 aliphatic carbocycles. The summed E-state index contributed by atoms with van der Waals surface area (Å²) in [4.78, 5) is 0. The molecule has 0 aliphatic heterocycles. The highest BCUT2D eigenvalue weighted by Gasteiger charge is 2.79. The third-order valence-electron chi connectivity index (χ3n) is 4.07. The van der Waals surface area contributed by atoms with Gasteiger partial charge in [-0.25, -0.2) is 0 Å². The molecule has 3 rings (SSSR count). The van der Waals surface area contributed by atoms with Gasteiger partial charge in [0.05, 0.1) is 0 Å². The van der Waals surface area contributed by atoms with Crippen LogP contribution < -0.4 is 0 Å². The van der Waals surface area contributed by atoms with Crippen LogP contribution in [0.4, 0.5) is 0 Å². The fourth-order valence-electron chi connectivity index (χ4n) is 3.44. The summed E-state index contributed by atoms with van der Waals surface area (Å²) in [7, 11) is 0. The second-order valence-corrected chi connectivity index (χ2v) is 4.38. The van der Waals surface area contributed by atoms with Crippen LogP contribution in [0, 0.1) is 23.2 Å². The second-order valence-electron chi connectivity index (χ2n) is 4.38. The lowest BCUT2D eigenvalue weighted by molar-refractivity contribution is 0.207. The van der Waals surface area contributed by atoms with Gasteiger partial charge in [0.15, 0.2) is 0 Å². The van der Waals surface area contributed by atoms with E-state index in [0.29, 0.717) is 6.61 Å².